The van der Waals surface area contributed by atoms with Crippen molar-refractivity contribution in [2.75, 3.05) is 13.2 Å². The predicted molar refractivity (Wildman–Crippen MR) is 70.1 cm³/mol. The Morgan fingerprint density at radius 1 is 1.52 bits per heavy atom. The van der Waals surface area contributed by atoms with Gasteiger partial charge in [0.15, 0.2) is 5.54 Å². The molecule has 4 N–H and O–H groups in total. The molecule has 0 saturated carbocycles. The lowest BCUT2D eigenvalue weighted by Gasteiger charge is -2.23. The lowest BCUT2D eigenvalue weighted by molar-refractivity contribution is -0.144. The molecule has 1 aromatic heterocycles. The maximum absolute atomic E-state index is 12.2. The fourth-order valence-electron chi connectivity index (χ4n) is 2.08. The van der Waals surface area contributed by atoms with Crippen LogP contribution in [0.15, 0.2) is 17.2 Å². The first-order valence-corrected chi connectivity index (χ1v) is 7.53. The van der Waals surface area contributed by atoms with E-state index in [-0.39, 0.29) is 30.2 Å². The molecule has 1 fully saturated rings. The molecule has 116 valence electrons. The summed E-state index contributed by atoms with van der Waals surface area (Å²) in [6.07, 6.45) is 1.32. The number of carbonyl (C=O) groups excluding carboxylic acids is 1. The first-order chi connectivity index (χ1) is 9.66. The Morgan fingerprint density at radius 3 is 2.62 bits per heavy atom. The number of amides is 1. The Bertz CT molecular complexity index is 687. The lowest BCUT2D eigenvalue weighted by atomic mass is 9.99. The highest BCUT2D eigenvalue weighted by Gasteiger charge is 2.44. The number of nitrogens with one attached hydrogen (secondary N) is 1. The van der Waals surface area contributed by atoms with Gasteiger partial charge in [-0.1, -0.05) is 0 Å². The molecular formula is C11H15N3O6S. The van der Waals surface area contributed by atoms with Crippen LogP contribution in [0.4, 0.5) is 0 Å². The Morgan fingerprint density at radius 2 is 2.19 bits per heavy atom. The zero-order valence-corrected chi connectivity index (χ0v) is 12.0. The molecule has 2 heterocycles. The van der Waals surface area contributed by atoms with E-state index < -0.39 is 27.4 Å². The number of nitrogens with zero attached hydrogens (tertiary/aromatic N) is 1. The van der Waals surface area contributed by atoms with Gasteiger partial charge in [0.25, 0.3) is 5.91 Å². The minimum Gasteiger partial charge on any atom is -0.479 e. The van der Waals surface area contributed by atoms with Crippen LogP contribution in [-0.4, -0.2) is 48.7 Å². The average molecular weight is 317 g/mol. The monoisotopic (exact) mass is 317 g/mol. The zero-order chi connectivity index (χ0) is 15.8. The van der Waals surface area contributed by atoms with Crippen molar-refractivity contribution in [3.63, 3.8) is 0 Å². The Hall–Kier alpha value is -1.91. The second kappa shape index (κ2) is 5.13. The SMILES string of the molecule is Cn1cc(S(N)(=O)=O)cc1C(=O)NC1(C(=O)O)CCOC1. The van der Waals surface area contributed by atoms with E-state index in [2.05, 4.69) is 5.32 Å². The van der Waals surface area contributed by atoms with E-state index in [0.29, 0.717) is 0 Å². The van der Waals surface area contributed by atoms with Gasteiger partial charge in [-0.2, -0.15) is 0 Å². The van der Waals surface area contributed by atoms with E-state index in [4.69, 9.17) is 9.88 Å². The van der Waals surface area contributed by atoms with Gasteiger partial charge in [-0.15, -0.1) is 0 Å². The van der Waals surface area contributed by atoms with Crippen LogP contribution in [0.25, 0.3) is 0 Å². The molecule has 0 aromatic carbocycles. The van der Waals surface area contributed by atoms with Crippen LogP contribution in [0.1, 0.15) is 16.9 Å². The third-order valence-electron chi connectivity index (χ3n) is 3.32. The van der Waals surface area contributed by atoms with Crippen LogP contribution < -0.4 is 10.5 Å². The number of primary sulfonamides is 1. The molecule has 0 bridgehead atoms. The fourth-order valence-corrected chi connectivity index (χ4v) is 2.66. The van der Waals surface area contributed by atoms with Gasteiger partial charge in [0.1, 0.15) is 10.6 Å². The fraction of sp³-hybridized carbons (Fsp3) is 0.455. The lowest BCUT2D eigenvalue weighted by Crippen LogP contribution is -2.55. The molecule has 1 aromatic rings. The van der Waals surface area contributed by atoms with Crippen LogP contribution >= 0.6 is 0 Å². The van der Waals surface area contributed by atoms with Gasteiger partial charge in [0.05, 0.1) is 6.61 Å². The van der Waals surface area contributed by atoms with Crippen LogP contribution in [0.2, 0.25) is 0 Å². The van der Waals surface area contributed by atoms with Crippen molar-refractivity contribution >= 4 is 21.9 Å². The number of aromatic nitrogens is 1. The van der Waals surface area contributed by atoms with E-state index in [1.54, 1.807) is 0 Å². The number of hydrogen-bond acceptors (Lipinski definition) is 5. The summed E-state index contributed by atoms with van der Waals surface area (Å²) in [5, 5.41) is 16.6. The number of carboxylic acids is 1. The summed E-state index contributed by atoms with van der Waals surface area (Å²) < 4.78 is 28.8. The predicted octanol–water partition coefficient (Wildman–Crippen LogP) is -1.35. The molecule has 1 amide bonds. The quantitative estimate of drug-likeness (QED) is 0.627. The molecule has 1 atom stereocenters. The zero-order valence-electron chi connectivity index (χ0n) is 11.2. The van der Waals surface area contributed by atoms with E-state index in [9.17, 15) is 23.1 Å². The summed E-state index contributed by atoms with van der Waals surface area (Å²) in [4.78, 5) is 23.3. The minimum absolute atomic E-state index is 0.00782. The van der Waals surface area contributed by atoms with Crippen LogP contribution in [0.5, 0.6) is 0 Å². The number of aliphatic carboxylic acids is 1. The van der Waals surface area contributed by atoms with Crippen molar-refractivity contribution in [3.05, 3.63) is 18.0 Å². The molecule has 2 rings (SSSR count). The average Bonchev–Trinajstić information content (AvgIpc) is 2.95. The summed E-state index contributed by atoms with van der Waals surface area (Å²) in [5.74, 6) is -1.91. The van der Waals surface area contributed by atoms with Crippen molar-refractivity contribution in [1.82, 2.24) is 9.88 Å². The Balaban J connectivity index is 2.29. The third-order valence-corrected chi connectivity index (χ3v) is 4.21. The second-order valence-electron chi connectivity index (χ2n) is 4.86. The summed E-state index contributed by atoms with van der Waals surface area (Å²) >= 11 is 0. The molecule has 1 saturated heterocycles. The van der Waals surface area contributed by atoms with E-state index in [0.717, 1.165) is 6.07 Å². The second-order valence-corrected chi connectivity index (χ2v) is 6.42. The highest BCUT2D eigenvalue weighted by Crippen LogP contribution is 2.20. The number of aryl methyl sites for hydroxylation is 1. The largest absolute Gasteiger partial charge is 0.479 e. The number of hydrogen-bond donors (Lipinski definition) is 3. The molecule has 21 heavy (non-hydrogen) atoms. The van der Waals surface area contributed by atoms with Gasteiger partial charge < -0.3 is 19.7 Å². The molecule has 0 aliphatic carbocycles. The normalized spacial score (nSPS) is 22.2. The van der Waals surface area contributed by atoms with Crippen LogP contribution in [0, 0.1) is 0 Å². The van der Waals surface area contributed by atoms with Crippen molar-refractivity contribution in [2.45, 2.75) is 16.9 Å². The first-order valence-electron chi connectivity index (χ1n) is 5.98. The van der Waals surface area contributed by atoms with Crippen LogP contribution in [0.3, 0.4) is 0 Å². The smallest absolute Gasteiger partial charge is 0.331 e. The van der Waals surface area contributed by atoms with E-state index in [1.807, 2.05) is 0 Å². The van der Waals surface area contributed by atoms with Crippen molar-refractivity contribution in [3.8, 4) is 0 Å². The standard InChI is InChI=1S/C11H15N3O6S/c1-14-5-7(21(12,18)19)4-8(14)9(15)13-11(10(16)17)2-3-20-6-11/h4-5H,2-3,6H2,1H3,(H,13,15)(H,16,17)(H2,12,18,19). The van der Waals surface area contributed by atoms with Gasteiger partial charge in [-0.3, -0.25) is 4.79 Å². The molecule has 9 nitrogen and oxygen atoms in total. The van der Waals surface area contributed by atoms with Gasteiger partial charge in [0, 0.05) is 26.3 Å². The molecule has 0 spiro atoms. The maximum Gasteiger partial charge on any atom is 0.331 e. The number of ether oxygens (including phenoxy) is 1. The Labute approximate surface area is 120 Å². The summed E-state index contributed by atoms with van der Waals surface area (Å²) in [6.45, 7) is 0.0860. The number of nitrogens with two attached hydrogens (primary N) is 1. The van der Waals surface area contributed by atoms with Gasteiger partial charge in [0.2, 0.25) is 10.0 Å². The topological polar surface area (TPSA) is 141 Å². The minimum atomic E-state index is -3.94. The van der Waals surface area contributed by atoms with E-state index in [1.165, 1.54) is 17.8 Å². The third kappa shape index (κ3) is 2.91. The molecular weight excluding hydrogens is 302 g/mol. The summed E-state index contributed by atoms with van der Waals surface area (Å²) in [5.41, 5.74) is -1.50. The number of sulfonamides is 1. The van der Waals surface area contributed by atoms with Crippen molar-refractivity contribution < 1.29 is 27.9 Å². The highest BCUT2D eigenvalue weighted by atomic mass is 32.2. The molecule has 10 heteroatoms. The summed E-state index contributed by atoms with van der Waals surface area (Å²) in [7, 11) is -2.48. The van der Waals surface area contributed by atoms with Gasteiger partial charge in [-0.05, 0) is 6.07 Å². The number of carboxylic acid groups (broad SMARTS) is 1. The maximum atomic E-state index is 12.2. The van der Waals surface area contributed by atoms with Gasteiger partial charge in [-0.25, -0.2) is 18.4 Å². The number of rotatable bonds is 4. The van der Waals surface area contributed by atoms with Gasteiger partial charge >= 0.3 is 5.97 Å². The molecule has 1 aliphatic heterocycles. The van der Waals surface area contributed by atoms with Crippen molar-refractivity contribution in [2.24, 2.45) is 12.2 Å². The van der Waals surface area contributed by atoms with E-state index >= 15 is 0 Å². The molecule has 0 radical (unpaired) electrons. The summed E-state index contributed by atoms with van der Waals surface area (Å²) in [6, 6.07) is 1.09. The highest BCUT2D eigenvalue weighted by molar-refractivity contribution is 7.89. The Kier molecular flexibility index (Phi) is 3.78. The van der Waals surface area contributed by atoms with Crippen LogP contribution in [-0.2, 0) is 26.6 Å². The molecule has 1 aliphatic rings. The van der Waals surface area contributed by atoms with Crippen molar-refractivity contribution in [1.29, 1.82) is 0 Å². The first kappa shape index (κ1) is 15.5. The molecule has 1 unspecified atom stereocenters. The number of carbonyl (C=O) groups is 2.